The highest BCUT2D eigenvalue weighted by Crippen LogP contribution is 2.30. The lowest BCUT2D eigenvalue weighted by Crippen LogP contribution is -2.49. The van der Waals surface area contributed by atoms with Crippen LogP contribution in [0.25, 0.3) is 0 Å². The maximum Gasteiger partial charge on any atom is 0.253 e. The Hall–Kier alpha value is -2.69. The van der Waals surface area contributed by atoms with Gasteiger partial charge in [0.05, 0.1) is 6.04 Å². The van der Waals surface area contributed by atoms with Gasteiger partial charge in [-0.15, -0.1) is 0 Å². The number of rotatable bonds is 4. The molecule has 0 bridgehead atoms. The fourth-order valence-electron chi connectivity index (χ4n) is 3.85. The van der Waals surface area contributed by atoms with Gasteiger partial charge in [-0.1, -0.05) is 54.1 Å². The highest BCUT2D eigenvalue weighted by Gasteiger charge is 2.28. The summed E-state index contributed by atoms with van der Waals surface area (Å²) in [4.78, 5) is 17.0. The van der Waals surface area contributed by atoms with Gasteiger partial charge in [-0.2, -0.15) is 0 Å². The van der Waals surface area contributed by atoms with Crippen molar-refractivity contribution in [2.24, 2.45) is 0 Å². The van der Waals surface area contributed by atoms with E-state index in [1.54, 1.807) is 24.3 Å². The molecule has 0 saturated carbocycles. The molecule has 1 amide bonds. The second kappa shape index (κ2) is 8.76. The number of amides is 1. The van der Waals surface area contributed by atoms with Gasteiger partial charge in [0.2, 0.25) is 0 Å². The average Bonchev–Trinajstić information content (AvgIpc) is 2.77. The van der Waals surface area contributed by atoms with Crippen LogP contribution in [0.1, 0.15) is 27.5 Å². The topological polar surface area (TPSA) is 23.6 Å². The predicted octanol–water partition coefficient (Wildman–Crippen LogP) is 5.03. The molecule has 0 N–H and O–H groups in total. The fraction of sp³-hybridized carbons (Fsp3) is 0.208. The van der Waals surface area contributed by atoms with Crippen LogP contribution in [0.5, 0.6) is 0 Å². The molecule has 0 aromatic heterocycles. The van der Waals surface area contributed by atoms with Crippen LogP contribution in [-0.2, 0) is 0 Å². The van der Waals surface area contributed by atoms with Crippen LogP contribution in [0, 0.1) is 5.82 Å². The summed E-state index contributed by atoms with van der Waals surface area (Å²) in [6.07, 6.45) is 0. The van der Waals surface area contributed by atoms with E-state index >= 15 is 0 Å². The maximum absolute atomic E-state index is 13.5. The summed E-state index contributed by atoms with van der Waals surface area (Å²) < 4.78 is 13.5. The number of piperazine rings is 1. The molecule has 1 saturated heterocycles. The van der Waals surface area contributed by atoms with Gasteiger partial charge in [-0.25, -0.2) is 4.39 Å². The van der Waals surface area contributed by atoms with Gasteiger partial charge in [-0.05, 0) is 47.5 Å². The molecule has 0 radical (unpaired) electrons. The molecule has 1 aliphatic heterocycles. The quantitative estimate of drug-likeness (QED) is 0.604. The Morgan fingerprint density at radius 2 is 1.38 bits per heavy atom. The van der Waals surface area contributed by atoms with Gasteiger partial charge >= 0.3 is 0 Å². The monoisotopic (exact) mass is 408 g/mol. The second-order valence-corrected chi connectivity index (χ2v) is 7.64. The Labute approximate surface area is 175 Å². The number of hydrogen-bond acceptors (Lipinski definition) is 2. The Bertz CT molecular complexity index is 952. The molecule has 5 heteroatoms. The molecule has 29 heavy (non-hydrogen) atoms. The van der Waals surface area contributed by atoms with Gasteiger partial charge in [0.25, 0.3) is 5.91 Å². The Kier molecular flexibility index (Phi) is 5.93. The van der Waals surface area contributed by atoms with E-state index in [1.807, 2.05) is 35.2 Å². The number of nitrogens with zero attached hydrogens (tertiary/aromatic N) is 2. The van der Waals surface area contributed by atoms with E-state index in [9.17, 15) is 9.18 Å². The van der Waals surface area contributed by atoms with Crippen LogP contribution in [0.3, 0.4) is 0 Å². The molecule has 3 aromatic carbocycles. The van der Waals surface area contributed by atoms with Gasteiger partial charge in [0, 0.05) is 36.8 Å². The van der Waals surface area contributed by atoms with E-state index in [-0.39, 0.29) is 17.8 Å². The van der Waals surface area contributed by atoms with E-state index in [2.05, 4.69) is 17.0 Å². The fourth-order valence-corrected chi connectivity index (χ4v) is 3.98. The lowest BCUT2D eigenvalue weighted by atomic mass is 9.96. The molecular formula is C24H22ClFN2O. The first-order chi connectivity index (χ1) is 14.1. The lowest BCUT2D eigenvalue weighted by molar-refractivity contribution is 0.0597. The molecule has 4 rings (SSSR count). The number of halogens is 2. The smallest absolute Gasteiger partial charge is 0.253 e. The summed E-state index contributed by atoms with van der Waals surface area (Å²) in [6.45, 7) is 2.78. The van der Waals surface area contributed by atoms with Crippen molar-refractivity contribution < 1.29 is 9.18 Å². The molecule has 1 unspecified atom stereocenters. The summed E-state index contributed by atoms with van der Waals surface area (Å²) in [5.41, 5.74) is 2.87. The van der Waals surface area contributed by atoms with Crippen LogP contribution >= 0.6 is 11.6 Å². The molecule has 3 aromatic rings. The number of carbonyl (C=O) groups excluding carboxylic acids is 1. The standard InChI is InChI=1S/C24H22ClFN2O/c25-21-10-6-20(7-11-21)24(29)28-16-14-27(15-17-28)23(18-4-2-1-3-5-18)19-8-12-22(26)13-9-19/h1-13,23H,14-17H2. The molecule has 148 valence electrons. The highest BCUT2D eigenvalue weighted by molar-refractivity contribution is 6.30. The first kappa shape index (κ1) is 19.6. The van der Waals surface area contributed by atoms with E-state index in [0.717, 1.165) is 24.2 Å². The van der Waals surface area contributed by atoms with Crippen LogP contribution in [0.15, 0.2) is 78.9 Å². The largest absolute Gasteiger partial charge is 0.336 e. The molecule has 0 spiro atoms. The van der Waals surface area contributed by atoms with Gasteiger partial charge in [-0.3, -0.25) is 9.69 Å². The van der Waals surface area contributed by atoms with E-state index < -0.39 is 0 Å². The van der Waals surface area contributed by atoms with E-state index in [0.29, 0.717) is 23.7 Å². The summed E-state index contributed by atoms with van der Waals surface area (Å²) in [5.74, 6) is -0.210. The zero-order valence-electron chi connectivity index (χ0n) is 16.0. The molecule has 1 fully saturated rings. The van der Waals surface area contributed by atoms with Crippen molar-refractivity contribution in [2.75, 3.05) is 26.2 Å². The Morgan fingerprint density at radius 3 is 2.00 bits per heavy atom. The second-order valence-electron chi connectivity index (χ2n) is 7.20. The van der Waals surface area contributed by atoms with Crippen molar-refractivity contribution in [3.05, 3.63) is 106 Å². The SMILES string of the molecule is O=C(c1ccc(Cl)cc1)N1CCN(C(c2ccccc2)c2ccc(F)cc2)CC1. The lowest BCUT2D eigenvalue weighted by Gasteiger charge is -2.39. The first-order valence-corrected chi connectivity index (χ1v) is 10.1. The van der Waals surface area contributed by atoms with Crippen LogP contribution < -0.4 is 0 Å². The van der Waals surface area contributed by atoms with Crippen LogP contribution in [0.2, 0.25) is 5.02 Å². The van der Waals surface area contributed by atoms with Crippen LogP contribution in [0.4, 0.5) is 4.39 Å². The number of hydrogen-bond donors (Lipinski definition) is 0. The third-order valence-corrected chi connectivity index (χ3v) is 5.61. The molecule has 3 nitrogen and oxygen atoms in total. The van der Waals surface area contributed by atoms with Crippen molar-refractivity contribution in [2.45, 2.75) is 6.04 Å². The Morgan fingerprint density at radius 1 is 0.793 bits per heavy atom. The van der Waals surface area contributed by atoms with Crippen molar-refractivity contribution >= 4 is 17.5 Å². The minimum absolute atomic E-state index is 0.0272. The van der Waals surface area contributed by atoms with E-state index in [1.165, 1.54) is 12.1 Å². The summed E-state index contributed by atoms with van der Waals surface area (Å²) in [5, 5.41) is 0.622. The zero-order chi connectivity index (χ0) is 20.2. The summed E-state index contributed by atoms with van der Waals surface area (Å²) >= 11 is 5.93. The van der Waals surface area contributed by atoms with Gasteiger partial charge in [0.15, 0.2) is 0 Å². The molecule has 0 aliphatic carbocycles. The molecular weight excluding hydrogens is 387 g/mol. The Balaban J connectivity index is 1.51. The van der Waals surface area contributed by atoms with E-state index in [4.69, 9.17) is 11.6 Å². The summed E-state index contributed by atoms with van der Waals surface area (Å²) in [6, 6.07) is 24.0. The molecule has 1 aliphatic rings. The summed E-state index contributed by atoms with van der Waals surface area (Å²) in [7, 11) is 0. The van der Waals surface area contributed by atoms with Crippen LogP contribution in [-0.4, -0.2) is 41.9 Å². The first-order valence-electron chi connectivity index (χ1n) is 9.71. The molecule has 1 heterocycles. The zero-order valence-corrected chi connectivity index (χ0v) is 16.7. The van der Waals surface area contributed by atoms with Crippen molar-refractivity contribution in [1.82, 2.24) is 9.80 Å². The average molecular weight is 409 g/mol. The third kappa shape index (κ3) is 4.50. The van der Waals surface area contributed by atoms with Crippen molar-refractivity contribution in [3.8, 4) is 0 Å². The third-order valence-electron chi connectivity index (χ3n) is 5.36. The normalized spacial score (nSPS) is 15.9. The number of benzene rings is 3. The van der Waals surface area contributed by atoms with Gasteiger partial charge in [0.1, 0.15) is 5.82 Å². The number of carbonyl (C=O) groups is 1. The van der Waals surface area contributed by atoms with Gasteiger partial charge < -0.3 is 4.90 Å². The molecule has 1 atom stereocenters. The maximum atomic E-state index is 13.5. The minimum atomic E-state index is -0.237. The van der Waals surface area contributed by atoms with Crippen molar-refractivity contribution in [1.29, 1.82) is 0 Å². The minimum Gasteiger partial charge on any atom is -0.336 e. The highest BCUT2D eigenvalue weighted by atomic mass is 35.5. The van der Waals surface area contributed by atoms with Crippen molar-refractivity contribution in [3.63, 3.8) is 0 Å². The predicted molar refractivity (Wildman–Crippen MR) is 114 cm³/mol.